The molecule has 0 spiro atoms. The lowest BCUT2D eigenvalue weighted by Gasteiger charge is -2.37. The quantitative estimate of drug-likeness (QED) is 0.869. The number of carbonyl (C=O) groups is 1. The largest absolute Gasteiger partial charge is 0.508 e. The van der Waals surface area contributed by atoms with Crippen LogP contribution < -0.4 is 5.32 Å². The Bertz CT molecular complexity index is 564. The fraction of sp³-hybridized carbons (Fsp3) is 0.632. The molecule has 2 fully saturated rings. The topological polar surface area (TPSA) is 59.0 Å². The number of aromatic hydroxyl groups is 1. The van der Waals surface area contributed by atoms with E-state index in [0.717, 1.165) is 44.6 Å². The van der Waals surface area contributed by atoms with Crippen molar-refractivity contribution in [1.29, 1.82) is 0 Å². The molecule has 0 bridgehead atoms. The van der Waals surface area contributed by atoms with Gasteiger partial charge in [0.05, 0.1) is 0 Å². The summed E-state index contributed by atoms with van der Waals surface area (Å²) in [5, 5.41) is 12.4. The van der Waals surface area contributed by atoms with Crippen LogP contribution in [0.15, 0.2) is 24.3 Å². The highest BCUT2D eigenvalue weighted by Gasteiger charge is 2.25. The van der Waals surface area contributed by atoms with Gasteiger partial charge in [0.2, 0.25) is 0 Å². The van der Waals surface area contributed by atoms with Crippen molar-refractivity contribution in [3.63, 3.8) is 0 Å². The van der Waals surface area contributed by atoms with E-state index in [1.807, 2.05) is 11.0 Å². The number of benzene rings is 1. The van der Waals surface area contributed by atoms with Crippen molar-refractivity contribution < 1.29 is 9.90 Å². The van der Waals surface area contributed by atoms with Gasteiger partial charge in [-0.25, -0.2) is 4.79 Å². The Morgan fingerprint density at radius 2 is 1.88 bits per heavy atom. The van der Waals surface area contributed by atoms with E-state index in [-0.39, 0.29) is 11.8 Å². The highest BCUT2D eigenvalue weighted by atomic mass is 16.3. The SMILES string of the molecule is CN1CCN(CC2CCN(C(=O)NCc3cccc(O)c3)CC2)CC1. The molecule has 0 saturated carbocycles. The van der Waals surface area contributed by atoms with Crippen LogP contribution in [0, 0.1) is 5.92 Å². The lowest BCUT2D eigenvalue weighted by Crippen LogP contribution is -2.49. The molecular weight excluding hydrogens is 316 g/mol. The van der Waals surface area contributed by atoms with Gasteiger partial charge in [-0.2, -0.15) is 0 Å². The number of hydrogen-bond acceptors (Lipinski definition) is 4. The Hall–Kier alpha value is -1.79. The summed E-state index contributed by atoms with van der Waals surface area (Å²) in [5.41, 5.74) is 0.915. The summed E-state index contributed by atoms with van der Waals surface area (Å²) in [6.45, 7) is 7.96. The molecule has 1 aromatic rings. The second kappa shape index (κ2) is 8.54. The average molecular weight is 346 g/mol. The van der Waals surface area contributed by atoms with Gasteiger partial charge in [0.15, 0.2) is 0 Å². The standard InChI is InChI=1S/C19H30N4O2/c1-21-9-11-22(12-10-21)15-16-5-7-23(8-6-16)19(25)20-14-17-3-2-4-18(24)13-17/h2-4,13,16,24H,5-12,14-15H2,1H3,(H,20,25). The third kappa shape index (κ3) is 5.34. The zero-order chi connectivity index (χ0) is 17.6. The minimum absolute atomic E-state index is 0.00129. The fourth-order valence-electron chi connectivity index (χ4n) is 3.67. The van der Waals surface area contributed by atoms with E-state index >= 15 is 0 Å². The predicted molar refractivity (Wildman–Crippen MR) is 98.6 cm³/mol. The number of piperidine rings is 1. The van der Waals surface area contributed by atoms with Crippen LogP contribution in [0.5, 0.6) is 5.75 Å². The van der Waals surface area contributed by atoms with Crippen LogP contribution >= 0.6 is 0 Å². The number of phenolic OH excluding ortho intramolecular Hbond substituents is 1. The Morgan fingerprint density at radius 1 is 1.16 bits per heavy atom. The highest BCUT2D eigenvalue weighted by molar-refractivity contribution is 5.74. The maximum Gasteiger partial charge on any atom is 0.317 e. The Morgan fingerprint density at radius 3 is 2.56 bits per heavy atom. The molecule has 0 atom stereocenters. The summed E-state index contributed by atoms with van der Waals surface area (Å²) in [6.07, 6.45) is 2.18. The molecule has 0 aliphatic carbocycles. The predicted octanol–water partition coefficient (Wildman–Crippen LogP) is 1.56. The lowest BCUT2D eigenvalue weighted by atomic mass is 9.96. The molecule has 2 N–H and O–H groups in total. The fourth-order valence-corrected chi connectivity index (χ4v) is 3.67. The van der Waals surface area contributed by atoms with Gasteiger partial charge in [0.1, 0.15) is 5.75 Å². The molecule has 2 amide bonds. The van der Waals surface area contributed by atoms with E-state index in [1.165, 1.54) is 19.6 Å². The van der Waals surface area contributed by atoms with Gasteiger partial charge in [-0.15, -0.1) is 0 Å². The second-order valence-electron chi connectivity index (χ2n) is 7.36. The van der Waals surface area contributed by atoms with E-state index in [9.17, 15) is 9.90 Å². The minimum atomic E-state index is 0.00129. The van der Waals surface area contributed by atoms with Crippen molar-refractivity contribution >= 4 is 6.03 Å². The molecule has 6 heteroatoms. The van der Waals surface area contributed by atoms with E-state index in [4.69, 9.17) is 0 Å². The lowest BCUT2D eigenvalue weighted by molar-refractivity contribution is 0.111. The van der Waals surface area contributed by atoms with Gasteiger partial charge >= 0.3 is 6.03 Å². The van der Waals surface area contributed by atoms with Gasteiger partial charge < -0.3 is 25.1 Å². The first-order valence-corrected chi connectivity index (χ1v) is 9.32. The molecule has 2 aliphatic heterocycles. The number of likely N-dealkylation sites (N-methyl/N-ethyl adjacent to an activating group) is 1. The molecule has 0 aromatic heterocycles. The number of likely N-dealkylation sites (tertiary alicyclic amines) is 1. The van der Waals surface area contributed by atoms with Crippen molar-refractivity contribution in [2.45, 2.75) is 19.4 Å². The van der Waals surface area contributed by atoms with Crippen LogP contribution in [0.4, 0.5) is 4.79 Å². The second-order valence-corrected chi connectivity index (χ2v) is 7.36. The monoisotopic (exact) mass is 346 g/mol. The number of phenols is 1. The molecule has 6 nitrogen and oxygen atoms in total. The van der Waals surface area contributed by atoms with Gasteiger partial charge in [0.25, 0.3) is 0 Å². The van der Waals surface area contributed by atoms with Crippen molar-refractivity contribution in [3.05, 3.63) is 29.8 Å². The average Bonchev–Trinajstić information content (AvgIpc) is 2.62. The van der Waals surface area contributed by atoms with E-state index in [0.29, 0.717) is 12.5 Å². The number of urea groups is 1. The summed E-state index contributed by atoms with van der Waals surface area (Å²) >= 11 is 0. The van der Waals surface area contributed by atoms with E-state index in [2.05, 4.69) is 22.2 Å². The summed E-state index contributed by atoms with van der Waals surface area (Å²) < 4.78 is 0. The first-order valence-electron chi connectivity index (χ1n) is 9.32. The molecule has 2 heterocycles. The van der Waals surface area contributed by atoms with Gasteiger partial charge in [-0.05, 0) is 43.5 Å². The van der Waals surface area contributed by atoms with E-state index in [1.54, 1.807) is 18.2 Å². The Balaban J connectivity index is 1.37. The summed E-state index contributed by atoms with van der Waals surface area (Å²) in [5.74, 6) is 0.940. The van der Waals surface area contributed by atoms with Crippen LogP contribution in [-0.4, -0.2) is 78.7 Å². The number of rotatable bonds is 4. The molecular formula is C19H30N4O2. The highest BCUT2D eigenvalue weighted by Crippen LogP contribution is 2.19. The molecule has 1 aromatic carbocycles. The summed E-state index contributed by atoms with van der Waals surface area (Å²) in [7, 11) is 2.19. The summed E-state index contributed by atoms with van der Waals surface area (Å²) in [4.78, 5) is 19.2. The zero-order valence-corrected chi connectivity index (χ0v) is 15.2. The van der Waals surface area contributed by atoms with Crippen LogP contribution in [-0.2, 0) is 6.54 Å². The molecule has 2 saturated heterocycles. The Kier molecular flexibility index (Phi) is 6.15. The zero-order valence-electron chi connectivity index (χ0n) is 15.2. The number of carbonyl (C=O) groups excluding carboxylic acids is 1. The van der Waals surface area contributed by atoms with Gasteiger partial charge in [-0.1, -0.05) is 12.1 Å². The first kappa shape index (κ1) is 18.0. The van der Waals surface area contributed by atoms with Crippen molar-refractivity contribution in [2.75, 3.05) is 52.9 Å². The normalized spacial score (nSPS) is 20.6. The number of hydrogen-bond donors (Lipinski definition) is 2. The molecule has 2 aliphatic rings. The molecule has 25 heavy (non-hydrogen) atoms. The van der Waals surface area contributed by atoms with Crippen molar-refractivity contribution in [1.82, 2.24) is 20.0 Å². The molecule has 138 valence electrons. The van der Waals surface area contributed by atoms with Gasteiger partial charge in [-0.3, -0.25) is 0 Å². The third-order valence-corrected chi connectivity index (χ3v) is 5.37. The van der Waals surface area contributed by atoms with Gasteiger partial charge in [0, 0.05) is 52.4 Å². The maximum absolute atomic E-state index is 12.3. The van der Waals surface area contributed by atoms with Crippen molar-refractivity contribution in [3.8, 4) is 5.75 Å². The summed E-state index contributed by atoms with van der Waals surface area (Å²) in [6, 6.07) is 7.02. The molecule has 0 unspecified atom stereocenters. The van der Waals surface area contributed by atoms with Crippen LogP contribution in [0.1, 0.15) is 18.4 Å². The van der Waals surface area contributed by atoms with Crippen LogP contribution in [0.2, 0.25) is 0 Å². The molecule has 0 radical (unpaired) electrons. The van der Waals surface area contributed by atoms with E-state index < -0.39 is 0 Å². The first-order chi connectivity index (χ1) is 12.1. The van der Waals surface area contributed by atoms with Crippen molar-refractivity contribution in [2.24, 2.45) is 5.92 Å². The van der Waals surface area contributed by atoms with Crippen LogP contribution in [0.3, 0.4) is 0 Å². The smallest absolute Gasteiger partial charge is 0.317 e. The minimum Gasteiger partial charge on any atom is -0.508 e. The number of nitrogens with zero attached hydrogens (tertiary/aromatic N) is 3. The number of nitrogens with one attached hydrogen (secondary N) is 1. The van der Waals surface area contributed by atoms with Crippen LogP contribution in [0.25, 0.3) is 0 Å². The number of amides is 2. The Labute approximate surface area is 150 Å². The number of piperazine rings is 1. The third-order valence-electron chi connectivity index (χ3n) is 5.37. The maximum atomic E-state index is 12.3. The molecule has 3 rings (SSSR count).